The fraction of sp³-hybridized carbons (Fsp3) is 0.556. The first-order valence-electron chi connectivity index (χ1n) is 3.65. The van der Waals surface area contributed by atoms with Gasteiger partial charge in [-0.2, -0.15) is 0 Å². The highest BCUT2D eigenvalue weighted by Crippen LogP contribution is 2.16. The van der Waals surface area contributed by atoms with Crippen LogP contribution in [0.15, 0.2) is 23.8 Å². The molecule has 0 fully saturated rings. The van der Waals surface area contributed by atoms with Crippen LogP contribution in [0.5, 0.6) is 0 Å². The Labute approximate surface area is 58.3 Å². The van der Waals surface area contributed by atoms with Crippen molar-refractivity contribution in [3.63, 3.8) is 0 Å². The third-order valence-corrected chi connectivity index (χ3v) is 1.48. The second kappa shape index (κ2) is 4.37. The zero-order valence-electron chi connectivity index (χ0n) is 6.81. The summed E-state index contributed by atoms with van der Waals surface area (Å²) in [5.41, 5.74) is 1.47. The quantitative estimate of drug-likeness (QED) is 0.465. The number of hydrogen-bond donors (Lipinski definition) is 0. The molecule has 9 heavy (non-hydrogen) atoms. The van der Waals surface area contributed by atoms with Gasteiger partial charge in [0, 0.05) is 0 Å². The van der Waals surface area contributed by atoms with Crippen LogP contribution in [0, 0.1) is 5.92 Å². The molecule has 1 rings (SSSR count). The molecule has 1 aliphatic carbocycles. The molecule has 0 N–H and O–H groups in total. The van der Waals surface area contributed by atoms with Crippen molar-refractivity contribution in [3.8, 4) is 0 Å². The second-order valence-corrected chi connectivity index (χ2v) is 2.08. The average Bonchev–Trinajstić information content (AvgIpc) is 2.23. The Bertz CT molecular complexity index is 118. The Kier molecular flexibility index (Phi) is 4.12. The molecule has 0 radical (unpaired) electrons. The van der Waals surface area contributed by atoms with E-state index in [1.54, 1.807) is 0 Å². The van der Waals surface area contributed by atoms with E-state index < -0.39 is 0 Å². The van der Waals surface area contributed by atoms with E-state index in [9.17, 15) is 0 Å². The highest BCUT2D eigenvalue weighted by atomic mass is 14.1. The molecule has 0 aromatic rings. The van der Waals surface area contributed by atoms with Crippen molar-refractivity contribution in [1.29, 1.82) is 0 Å². The monoisotopic (exact) mass is 124 g/mol. The lowest BCUT2D eigenvalue weighted by Gasteiger charge is -1.96. The third kappa shape index (κ3) is 2.50. The molecule has 0 amide bonds. The van der Waals surface area contributed by atoms with Crippen LogP contribution in [0.25, 0.3) is 0 Å². The summed E-state index contributed by atoms with van der Waals surface area (Å²) in [6.45, 7) is 8.36. The Morgan fingerprint density at radius 3 is 2.00 bits per heavy atom. The van der Waals surface area contributed by atoms with Crippen LogP contribution in [0.1, 0.15) is 27.7 Å². The Hall–Kier alpha value is -0.520. The second-order valence-electron chi connectivity index (χ2n) is 2.08. The van der Waals surface area contributed by atoms with Gasteiger partial charge in [-0.3, -0.25) is 0 Å². The van der Waals surface area contributed by atoms with Gasteiger partial charge in [0.2, 0.25) is 0 Å². The average molecular weight is 124 g/mol. The largest absolute Gasteiger partial charge is 0.0776 e. The third-order valence-electron chi connectivity index (χ3n) is 1.48. The van der Waals surface area contributed by atoms with Crippen LogP contribution in [0.2, 0.25) is 0 Å². The van der Waals surface area contributed by atoms with E-state index in [2.05, 4.69) is 32.1 Å². The summed E-state index contributed by atoms with van der Waals surface area (Å²) >= 11 is 0. The molecule has 0 aromatic heterocycles. The fourth-order valence-electron chi connectivity index (χ4n) is 0.678. The van der Waals surface area contributed by atoms with Crippen LogP contribution < -0.4 is 0 Å². The molecule has 0 heterocycles. The smallest absolute Gasteiger partial charge is 0.00482 e. The van der Waals surface area contributed by atoms with Gasteiger partial charge in [-0.25, -0.2) is 0 Å². The maximum Gasteiger partial charge on any atom is -0.00482 e. The summed E-state index contributed by atoms with van der Waals surface area (Å²) in [6, 6.07) is 0. The van der Waals surface area contributed by atoms with Crippen LogP contribution in [-0.2, 0) is 0 Å². The first kappa shape index (κ1) is 8.48. The van der Waals surface area contributed by atoms with Gasteiger partial charge >= 0.3 is 0 Å². The van der Waals surface area contributed by atoms with Crippen LogP contribution >= 0.6 is 0 Å². The molecular weight excluding hydrogens is 108 g/mol. The molecule has 0 aromatic carbocycles. The van der Waals surface area contributed by atoms with E-state index in [1.807, 2.05) is 13.8 Å². The molecule has 0 saturated carbocycles. The normalized spacial score (nSPS) is 22.7. The molecule has 1 atom stereocenters. The topological polar surface area (TPSA) is 0 Å². The van der Waals surface area contributed by atoms with Crippen molar-refractivity contribution in [2.45, 2.75) is 27.7 Å². The fourth-order valence-corrected chi connectivity index (χ4v) is 0.678. The standard InChI is InChI=1S/C7H10.C2H6/c1-6-4-3-5-7(6)2;1-2/h3-6H,1-2H3;1-2H3. The molecule has 0 bridgehead atoms. The first-order valence-corrected chi connectivity index (χ1v) is 3.65. The zero-order valence-corrected chi connectivity index (χ0v) is 6.81. The highest BCUT2D eigenvalue weighted by Gasteiger charge is 2.00. The minimum atomic E-state index is 0.694. The lowest BCUT2D eigenvalue weighted by atomic mass is 10.1. The van der Waals surface area contributed by atoms with Crippen LogP contribution in [0.3, 0.4) is 0 Å². The van der Waals surface area contributed by atoms with Crippen molar-refractivity contribution in [1.82, 2.24) is 0 Å². The van der Waals surface area contributed by atoms with Crippen LogP contribution in [-0.4, -0.2) is 0 Å². The minimum absolute atomic E-state index is 0.694. The summed E-state index contributed by atoms with van der Waals surface area (Å²) in [5, 5.41) is 0. The first-order chi connectivity index (χ1) is 4.30. The van der Waals surface area contributed by atoms with Crippen molar-refractivity contribution in [3.05, 3.63) is 23.8 Å². The van der Waals surface area contributed by atoms with Crippen molar-refractivity contribution in [2.75, 3.05) is 0 Å². The number of hydrogen-bond acceptors (Lipinski definition) is 0. The Morgan fingerprint density at radius 2 is 1.89 bits per heavy atom. The predicted octanol–water partition coefficient (Wildman–Crippen LogP) is 3.16. The van der Waals surface area contributed by atoms with Gasteiger partial charge in [0.25, 0.3) is 0 Å². The predicted molar refractivity (Wildman–Crippen MR) is 43.4 cm³/mol. The molecule has 0 aliphatic heterocycles. The highest BCUT2D eigenvalue weighted by molar-refractivity contribution is 5.24. The van der Waals surface area contributed by atoms with Crippen LogP contribution in [0.4, 0.5) is 0 Å². The summed E-state index contributed by atoms with van der Waals surface area (Å²) in [5.74, 6) is 0.694. The van der Waals surface area contributed by atoms with E-state index in [-0.39, 0.29) is 0 Å². The number of allylic oxidation sites excluding steroid dienone is 4. The van der Waals surface area contributed by atoms with E-state index in [0.717, 1.165) is 0 Å². The Balaban J connectivity index is 0.000000291. The number of rotatable bonds is 0. The summed E-state index contributed by atoms with van der Waals surface area (Å²) < 4.78 is 0. The zero-order chi connectivity index (χ0) is 7.28. The molecule has 1 unspecified atom stereocenters. The van der Waals surface area contributed by atoms with E-state index in [4.69, 9.17) is 0 Å². The summed E-state index contributed by atoms with van der Waals surface area (Å²) in [4.78, 5) is 0. The minimum Gasteiger partial charge on any atom is -0.0776 e. The molecular formula is C9H16. The van der Waals surface area contributed by atoms with Gasteiger partial charge in [0.1, 0.15) is 0 Å². The maximum absolute atomic E-state index is 2.20. The molecule has 0 saturated heterocycles. The van der Waals surface area contributed by atoms with Gasteiger partial charge in [-0.05, 0) is 12.8 Å². The van der Waals surface area contributed by atoms with E-state index >= 15 is 0 Å². The molecule has 0 nitrogen and oxygen atoms in total. The summed E-state index contributed by atoms with van der Waals surface area (Å²) in [6.07, 6.45) is 6.47. The SMILES string of the molecule is CC.CC1=CC=CC1C. The van der Waals surface area contributed by atoms with Crippen molar-refractivity contribution < 1.29 is 0 Å². The van der Waals surface area contributed by atoms with Gasteiger partial charge in [-0.1, -0.05) is 44.6 Å². The molecule has 0 heteroatoms. The van der Waals surface area contributed by atoms with E-state index in [1.165, 1.54) is 5.57 Å². The Morgan fingerprint density at radius 1 is 1.33 bits per heavy atom. The molecule has 0 spiro atoms. The van der Waals surface area contributed by atoms with Crippen molar-refractivity contribution in [2.24, 2.45) is 5.92 Å². The molecule has 52 valence electrons. The van der Waals surface area contributed by atoms with Gasteiger partial charge in [0.05, 0.1) is 0 Å². The summed E-state index contributed by atoms with van der Waals surface area (Å²) in [7, 11) is 0. The maximum atomic E-state index is 2.20. The lowest BCUT2D eigenvalue weighted by molar-refractivity contribution is 0.882. The van der Waals surface area contributed by atoms with Gasteiger partial charge in [0.15, 0.2) is 0 Å². The van der Waals surface area contributed by atoms with Crippen molar-refractivity contribution >= 4 is 0 Å². The van der Waals surface area contributed by atoms with E-state index in [0.29, 0.717) is 5.92 Å². The molecule has 1 aliphatic rings. The van der Waals surface area contributed by atoms with Gasteiger partial charge in [-0.15, -0.1) is 0 Å². The lowest BCUT2D eigenvalue weighted by Crippen LogP contribution is -1.83. The van der Waals surface area contributed by atoms with Gasteiger partial charge < -0.3 is 0 Å².